The van der Waals surface area contributed by atoms with E-state index in [0.29, 0.717) is 17.0 Å². The summed E-state index contributed by atoms with van der Waals surface area (Å²) in [4.78, 5) is 28.2. The topological polar surface area (TPSA) is 61.9 Å². The van der Waals surface area contributed by atoms with Gasteiger partial charge in [-0.2, -0.15) is 13.2 Å². The summed E-state index contributed by atoms with van der Waals surface area (Å²) in [5.41, 5.74) is 0.162. The molecule has 10 heteroatoms. The number of amides is 3. The maximum Gasteiger partial charge on any atom is 0.416 e. The first-order valence-electron chi connectivity index (χ1n) is 9.90. The Morgan fingerprint density at radius 3 is 2.62 bits per heavy atom. The number of anilines is 1. The van der Waals surface area contributed by atoms with E-state index in [-0.39, 0.29) is 24.2 Å². The maximum atomic E-state index is 13.1. The van der Waals surface area contributed by atoms with E-state index in [1.807, 2.05) is 0 Å². The Bertz CT molecular complexity index is 986. The number of nitrogens with zero attached hydrogens (tertiary/aromatic N) is 2. The highest BCUT2D eigenvalue weighted by Gasteiger charge is 2.39. The number of rotatable bonds is 6. The fourth-order valence-corrected chi connectivity index (χ4v) is 4.64. The molecule has 1 N–H and O–H groups in total. The van der Waals surface area contributed by atoms with E-state index in [1.54, 1.807) is 44.3 Å². The lowest BCUT2D eigenvalue weighted by molar-refractivity contribution is -0.137. The quantitative estimate of drug-likeness (QED) is 0.661. The van der Waals surface area contributed by atoms with Crippen LogP contribution in [0.15, 0.2) is 48.5 Å². The average molecular weight is 468 g/mol. The fourth-order valence-electron chi connectivity index (χ4n) is 3.35. The van der Waals surface area contributed by atoms with Crippen LogP contribution >= 0.6 is 11.8 Å². The van der Waals surface area contributed by atoms with Gasteiger partial charge in [0.15, 0.2) is 0 Å². The van der Waals surface area contributed by atoms with Gasteiger partial charge in [-0.1, -0.05) is 24.3 Å². The molecule has 1 aliphatic rings. The molecular weight excluding hydrogens is 443 g/mol. The highest BCUT2D eigenvalue weighted by atomic mass is 32.2. The van der Waals surface area contributed by atoms with Crippen LogP contribution in [0.1, 0.15) is 23.4 Å². The van der Waals surface area contributed by atoms with Crippen molar-refractivity contribution in [1.82, 2.24) is 9.80 Å². The molecule has 0 aliphatic carbocycles. The van der Waals surface area contributed by atoms with E-state index >= 15 is 0 Å². The molecule has 1 saturated heterocycles. The van der Waals surface area contributed by atoms with Gasteiger partial charge in [0, 0.05) is 20.1 Å². The Kier molecular flexibility index (Phi) is 7.22. The van der Waals surface area contributed by atoms with Gasteiger partial charge in [-0.05, 0) is 36.8 Å². The van der Waals surface area contributed by atoms with Crippen molar-refractivity contribution < 1.29 is 27.5 Å². The van der Waals surface area contributed by atoms with Crippen LogP contribution in [-0.2, 0) is 11.0 Å². The van der Waals surface area contributed by atoms with Crippen LogP contribution in [0.2, 0.25) is 0 Å². The summed E-state index contributed by atoms with van der Waals surface area (Å²) >= 11 is 1.30. The fraction of sp³-hybridized carbons (Fsp3) is 0.364. The first kappa shape index (κ1) is 23.8. The van der Waals surface area contributed by atoms with Crippen LogP contribution in [0.25, 0.3) is 0 Å². The number of urea groups is 1. The van der Waals surface area contributed by atoms with Gasteiger partial charge in [-0.3, -0.25) is 4.79 Å². The third-order valence-electron chi connectivity index (χ3n) is 5.12. The van der Waals surface area contributed by atoms with Crippen molar-refractivity contribution in [1.29, 1.82) is 0 Å². The van der Waals surface area contributed by atoms with Gasteiger partial charge in [-0.25, -0.2) is 4.79 Å². The lowest BCUT2D eigenvalue weighted by Crippen LogP contribution is -2.40. The number of halogens is 3. The first-order valence-corrected chi connectivity index (χ1v) is 10.8. The smallest absolute Gasteiger partial charge is 0.416 e. The third-order valence-corrected chi connectivity index (χ3v) is 6.51. The van der Waals surface area contributed by atoms with Crippen molar-refractivity contribution >= 4 is 29.4 Å². The number of hydrogen-bond acceptors (Lipinski definition) is 4. The Morgan fingerprint density at radius 1 is 1.22 bits per heavy atom. The van der Waals surface area contributed by atoms with Gasteiger partial charge in [0.25, 0.3) is 0 Å². The zero-order chi connectivity index (χ0) is 23.5. The Balaban J connectivity index is 1.69. The van der Waals surface area contributed by atoms with Gasteiger partial charge in [-0.15, -0.1) is 11.8 Å². The molecule has 0 spiro atoms. The van der Waals surface area contributed by atoms with Crippen molar-refractivity contribution in [2.45, 2.75) is 23.7 Å². The second-order valence-corrected chi connectivity index (χ2v) is 8.76. The molecule has 0 bridgehead atoms. The average Bonchev–Trinajstić information content (AvgIpc) is 3.05. The van der Waals surface area contributed by atoms with Crippen LogP contribution in [0, 0.1) is 0 Å². The summed E-state index contributed by atoms with van der Waals surface area (Å²) in [6.45, 7) is 2.12. The third kappa shape index (κ3) is 5.29. The van der Waals surface area contributed by atoms with Gasteiger partial charge in [0.05, 0.1) is 23.6 Å². The van der Waals surface area contributed by atoms with Crippen LogP contribution in [0.3, 0.4) is 0 Å². The normalized spacial score (nSPS) is 18.6. The van der Waals surface area contributed by atoms with E-state index in [1.165, 1.54) is 34.7 Å². The Morgan fingerprint density at radius 2 is 1.94 bits per heavy atom. The number of hydrogen-bond donors (Lipinski definition) is 1. The zero-order valence-electron chi connectivity index (χ0n) is 17.8. The number of nitrogens with one attached hydrogen (secondary N) is 1. The number of ether oxygens (including phenoxy) is 1. The molecule has 2 aromatic rings. The largest absolute Gasteiger partial charge is 0.495 e. The molecule has 2 unspecified atom stereocenters. The minimum absolute atomic E-state index is 0.170. The maximum absolute atomic E-state index is 13.1. The number of benzene rings is 2. The lowest BCUT2D eigenvalue weighted by Gasteiger charge is -2.27. The molecule has 3 rings (SSSR count). The number of carbonyl (C=O) groups is 2. The molecular formula is C22H24F3N3O3S. The van der Waals surface area contributed by atoms with Gasteiger partial charge in [0.1, 0.15) is 11.1 Å². The standard InChI is InChI=1S/C22H24F3N3O3S/c1-14-19(29)28(20(32-14)15-7-6-8-16(13-15)22(23,24)25)12-11-27(2)21(30)26-17-9-4-5-10-18(17)31-3/h4-10,13-14,20H,11-12H2,1-3H3,(H,26,30). The van der Waals surface area contributed by atoms with E-state index in [9.17, 15) is 22.8 Å². The van der Waals surface area contributed by atoms with E-state index < -0.39 is 23.1 Å². The van der Waals surface area contributed by atoms with Crippen molar-refractivity contribution in [2.75, 3.05) is 32.6 Å². The van der Waals surface area contributed by atoms with E-state index in [0.717, 1.165) is 12.1 Å². The predicted octanol–water partition coefficient (Wildman–Crippen LogP) is 4.84. The molecule has 0 radical (unpaired) electrons. The highest BCUT2D eigenvalue weighted by Crippen LogP contribution is 2.44. The number of likely N-dealkylation sites (N-methyl/N-ethyl adjacent to an activating group) is 1. The van der Waals surface area contributed by atoms with Crippen LogP contribution in [0.5, 0.6) is 5.75 Å². The number of methoxy groups -OCH3 is 1. The number of thioether (sulfide) groups is 1. The second kappa shape index (κ2) is 9.72. The summed E-state index contributed by atoms with van der Waals surface area (Å²) in [5, 5.41) is 1.81. The molecule has 1 heterocycles. The SMILES string of the molecule is COc1ccccc1NC(=O)N(C)CCN1C(=O)C(C)SC1c1cccc(C(F)(F)F)c1. The molecule has 2 atom stereocenters. The molecule has 6 nitrogen and oxygen atoms in total. The molecule has 2 aromatic carbocycles. The number of para-hydroxylation sites is 2. The first-order chi connectivity index (χ1) is 15.1. The molecule has 3 amide bonds. The summed E-state index contributed by atoms with van der Waals surface area (Å²) < 4.78 is 44.6. The van der Waals surface area contributed by atoms with Crippen LogP contribution < -0.4 is 10.1 Å². The minimum atomic E-state index is -4.46. The zero-order valence-corrected chi connectivity index (χ0v) is 18.7. The van der Waals surface area contributed by atoms with Gasteiger partial charge in [0.2, 0.25) is 5.91 Å². The molecule has 172 valence electrons. The summed E-state index contributed by atoms with van der Waals surface area (Å²) in [6.07, 6.45) is -4.46. The van der Waals surface area contributed by atoms with Crippen molar-refractivity contribution in [3.8, 4) is 5.75 Å². The molecule has 1 aliphatic heterocycles. The summed E-state index contributed by atoms with van der Waals surface area (Å²) in [5.74, 6) is 0.342. The monoisotopic (exact) mass is 467 g/mol. The van der Waals surface area contributed by atoms with Crippen molar-refractivity contribution in [3.05, 3.63) is 59.7 Å². The molecule has 32 heavy (non-hydrogen) atoms. The van der Waals surface area contributed by atoms with Gasteiger partial charge >= 0.3 is 12.2 Å². The van der Waals surface area contributed by atoms with E-state index in [4.69, 9.17) is 4.74 Å². The summed E-state index contributed by atoms with van der Waals surface area (Å²) in [7, 11) is 3.08. The minimum Gasteiger partial charge on any atom is -0.495 e. The van der Waals surface area contributed by atoms with E-state index in [2.05, 4.69) is 5.32 Å². The van der Waals surface area contributed by atoms with Crippen LogP contribution in [0.4, 0.5) is 23.7 Å². The van der Waals surface area contributed by atoms with Crippen molar-refractivity contribution in [2.24, 2.45) is 0 Å². The summed E-state index contributed by atoms with van der Waals surface area (Å²) in [6, 6.07) is 11.6. The lowest BCUT2D eigenvalue weighted by atomic mass is 10.1. The number of alkyl halides is 3. The predicted molar refractivity (Wildman–Crippen MR) is 118 cm³/mol. The van der Waals surface area contributed by atoms with Gasteiger partial charge < -0.3 is 19.9 Å². The highest BCUT2D eigenvalue weighted by molar-refractivity contribution is 8.01. The van der Waals surface area contributed by atoms with Crippen LogP contribution in [-0.4, -0.2) is 54.2 Å². The molecule has 0 saturated carbocycles. The second-order valence-electron chi connectivity index (χ2n) is 7.34. The van der Waals surface area contributed by atoms with Crippen molar-refractivity contribution in [3.63, 3.8) is 0 Å². The molecule has 1 fully saturated rings. The Labute approximate surface area is 188 Å². The molecule has 0 aromatic heterocycles. The number of carbonyl (C=O) groups excluding carboxylic acids is 2. The Hall–Kier alpha value is -2.88.